The van der Waals surface area contributed by atoms with Crippen LogP contribution in [0.25, 0.3) is 0 Å². The zero-order valence-electron chi connectivity index (χ0n) is 9.99. The lowest BCUT2D eigenvalue weighted by molar-refractivity contribution is 0.110. The van der Waals surface area contributed by atoms with E-state index in [-0.39, 0.29) is 0 Å². The molecular formula is C13H22N2O. The van der Waals surface area contributed by atoms with E-state index in [0.717, 1.165) is 25.9 Å². The van der Waals surface area contributed by atoms with Crippen LogP contribution >= 0.6 is 0 Å². The maximum atomic E-state index is 5.60. The number of hydrogen-bond acceptors (Lipinski definition) is 3. The van der Waals surface area contributed by atoms with Gasteiger partial charge in [-0.3, -0.25) is 11.3 Å². The van der Waals surface area contributed by atoms with Crippen molar-refractivity contribution < 1.29 is 4.74 Å². The molecule has 16 heavy (non-hydrogen) atoms. The van der Waals surface area contributed by atoms with Crippen molar-refractivity contribution in [1.29, 1.82) is 0 Å². The molecule has 1 rings (SSSR count). The van der Waals surface area contributed by atoms with Crippen LogP contribution in [-0.2, 0) is 11.3 Å². The van der Waals surface area contributed by atoms with Gasteiger partial charge in [0.1, 0.15) is 0 Å². The Labute approximate surface area is 98.0 Å². The first-order valence-corrected chi connectivity index (χ1v) is 5.94. The first-order valence-electron chi connectivity index (χ1n) is 5.94. The van der Waals surface area contributed by atoms with E-state index in [1.807, 2.05) is 18.2 Å². The lowest BCUT2D eigenvalue weighted by Crippen LogP contribution is -2.35. The highest BCUT2D eigenvalue weighted by Gasteiger charge is 2.04. The molecule has 3 N–H and O–H groups in total. The number of benzene rings is 1. The molecule has 1 unspecified atom stereocenters. The van der Waals surface area contributed by atoms with E-state index in [1.165, 1.54) is 5.56 Å². The Hall–Kier alpha value is -0.900. The Bertz CT molecular complexity index is 264. The highest BCUT2D eigenvalue weighted by molar-refractivity contribution is 5.13. The van der Waals surface area contributed by atoms with Crippen LogP contribution < -0.4 is 11.3 Å². The molecule has 0 saturated carbocycles. The van der Waals surface area contributed by atoms with Crippen LogP contribution in [-0.4, -0.2) is 12.6 Å². The van der Waals surface area contributed by atoms with Gasteiger partial charge in [0.15, 0.2) is 0 Å². The van der Waals surface area contributed by atoms with Gasteiger partial charge < -0.3 is 4.74 Å². The van der Waals surface area contributed by atoms with Gasteiger partial charge >= 0.3 is 0 Å². The Kier molecular flexibility index (Phi) is 6.81. The fraction of sp³-hybridized carbons (Fsp3) is 0.538. The molecule has 90 valence electrons. The average Bonchev–Trinajstić information content (AvgIpc) is 2.34. The molecule has 0 aliphatic rings. The second-order valence-corrected chi connectivity index (χ2v) is 3.98. The van der Waals surface area contributed by atoms with Crippen LogP contribution in [0.3, 0.4) is 0 Å². The monoisotopic (exact) mass is 222 g/mol. The smallest absolute Gasteiger partial charge is 0.0716 e. The van der Waals surface area contributed by atoms with E-state index in [0.29, 0.717) is 12.6 Å². The van der Waals surface area contributed by atoms with Crippen LogP contribution in [0.5, 0.6) is 0 Å². The van der Waals surface area contributed by atoms with Gasteiger partial charge in [-0.15, -0.1) is 0 Å². The number of hydrazine groups is 1. The van der Waals surface area contributed by atoms with Crippen molar-refractivity contribution in [3.63, 3.8) is 0 Å². The van der Waals surface area contributed by atoms with Crippen LogP contribution in [0.2, 0.25) is 0 Å². The van der Waals surface area contributed by atoms with Gasteiger partial charge in [0.25, 0.3) is 0 Å². The first-order chi connectivity index (χ1) is 7.86. The molecule has 0 heterocycles. The predicted octanol–water partition coefficient (Wildman–Crippen LogP) is 2.23. The van der Waals surface area contributed by atoms with Crippen molar-refractivity contribution in [2.75, 3.05) is 6.61 Å². The third-order valence-corrected chi connectivity index (χ3v) is 2.60. The summed E-state index contributed by atoms with van der Waals surface area (Å²) in [4.78, 5) is 0. The van der Waals surface area contributed by atoms with Crippen molar-refractivity contribution in [1.82, 2.24) is 5.43 Å². The highest BCUT2D eigenvalue weighted by Crippen LogP contribution is 2.04. The van der Waals surface area contributed by atoms with Crippen LogP contribution in [0, 0.1) is 0 Å². The second-order valence-electron chi connectivity index (χ2n) is 3.98. The van der Waals surface area contributed by atoms with E-state index in [1.54, 1.807) is 0 Å². The Morgan fingerprint density at radius 3 is 2.62 bits per heavy atom. The molecule has 3 nitrogen and oxygen atoms in total. The van der Waals surface area contributed by atoms with Crippen LogP contribution in [0.4, 0.5) is 0 Å². The van der Waals surface area contributed by atoms with Gasteiger partial charge in [0, 0.05) is 12.6 Å². The summed E-state index contributed by atoms with van der Waals surface area (Å²) in [6, 6.07) is 10.6. The van der Waals surface area contributed by atoms with Gasteiger partial charge in [-0.1, -0.05) is 43.7 Å². The van der Waals surface area contributed by atoms with Crippen molar-refractivity contribution in [2.24, 2.45) is 5.84 Å². The molecule has 0 saturated heterocycles. The summed E-state index contributed by atoms with van der Waals surface area (Å²) >= 11 is 0. The van der Waals surface area contributed by atoms with Crippen LogP contribution in [0.1, 0.15) is 31.7 Å². The molecule has 1 atom stereocenters. The molecule has 3 heteroatoms. The molecule has 0 bridgehead atoms. The molecule has 1 aromatic rings. The maximum absolute atomic E-state index is 5.60. The summed E-state index contributed by atoms with van der Waals surface area (Å²) in [5, 5.41) is 0. The minimum atomic E-state index is 0.376. The number of rotatable bonds is 8. The fourth-order valence-corrected chi connectivity index (χ4v) is 1.65. The van der Waals surface area contributed by atoms with E-state index in [9.17, 15) is 0 Å². The van der Waals surface area contributed by atoms with Crippen molar-refractivity contribution in [2.45, 2.75) is 38.8 Å². The zero-order valence-corrected chi connectivity index (χ0v) is 9.99. The minimum absolute atomic E-state index is 0.376. The molecule has 0 aliphatic carbocycles. The second kappa shape index (κ2) is 8.28. The summed E-state index contributed by atoms with van der Waals surface area (Å²) in [5.41, 5.74) is 4.04. The van der Waals surface area contributed by atoms with Crippen molar-refractivity contribution in [3.05, 3.63) is 35.9 Å². The van der Waals surface area contributed by atoms with Crippen molar-refractivity contribution in [3.8, 4) is 0 Å². The number of hydrogen-bond donors (Lipinski definition) is 2. The molecule has 0 aliphatic heterocycles. The zero-order chi connectivity index (χ0) is 11.6. The summed E-state index contributed by atoms with van der Waals surface area (Å²) in [7, 11) is 0. The summed E-state index contributed by atoms with van der Waals surface area (Å²) < 4.78 is 5.60. The van der Waals surface area contributed by atoms with E-state index < -0.39 is 0 Å². The van der Waals surface area contributed by atoms with Gasteiger partial charge in [-0.05, 0) is 18.4 Å². The largest absolute Gasteiger partial charge is 0.377 e. The van der Waals surface area contributed by atoms with Gasteiger partial charge in [-0.25, -0.2) is 0 Å². The molecule has 0 spiro atoms. The Balaban J connectivity index is 2.11. The number of ether oxygens (including phenoxy) is 1. The molecule has 0 aromatic heterocycles. The van der Waals surface area contributed by atoms with E-state index >= 15 is 0 Å². The highest BCUT2D eigenvalue weighted by atomic mass is 16.5. The minimum Gasteiger partial charge on any atom is -0.377 e. The van der Waals surface area contributed by atoms with Gasteiger partial charge in [0.2, 0.25) is 0 Å². The normalized spacial score (nSPS) is 12.6. The van der Waals surface area contributed by atoms with Gasteiger partial charge in [-0.2, -0.15) is 0 Å². The third-order valence-electron chi connectivity index (χ3n) is 2.60. The maximum Gasteiger partial charge on any atom is 0.0716 e. The van der Waals surface area contributed by atoms with E-state index in [4.69, 9.17) is 10.6 Å². The lowest BCUT2D eigenvalue weighted by Gasteiger charge is -2.14. The fourth-order valence-electron chi connectivity index (χ4n) is 1.65. The summed E-state index contributed by atoms with van der Waals surface area (Å²) in [6.07, 6.45) is 3.22. The standard InChI is InChI=1S/C13H22N2O/c1-2-6-13(15-14)9-10-16-11-12-7-4-3-5-8-12/h3-5,7-8,13,15H,2,6,9-11,14H2,1H3. The van der Waals surface area contributed by atoms with Crippen LogP contribution in [0.15, 0.2) is 30.3 Å². The SMILES string of the molecule is CCCC(CCOCc1ccccc1)NN. The molecule has 0 amide bonds. The molecule has 1 aromatic carbocycles. The molecule has 0 radical (unpaired) electrons. The van der Waals surface area contributed by atoms with Crippen molar-refractivity contribution >= 4 is 0 Å². The number of nitrogens with one attached hydrogen (secondary N) is 1. The lowest BCUT2D eigenvalue weighted by atomic mass is 10.1. The summed E-state index contributed by atoms with van der Waals surface area (Å²) in [6.45, 7) is 3.60. The number of nitrogens with two attached hydrogens (primary N) is 1. The summed E-state index contributed by atoms with van der Waals surface area (Å²) in [5.74, 6) is 5.45. The molecule has 0 fully saturated rings. The average molecular weight is 222 g/mol. The Morgan fingerprint density at radius 2 is 2.00 bits per heavy atom. The Morgan fingerprint density at radius 1 is 1.25 bits per heavy atom. The topological polar surface area (TPSA) is 47.3 Å². The van der Waals surface area contributed by atoms with Gasteiger partial charge in [0.05, 0.1) is 6.61 Å². The third kappa shape index (κ3) is 5.26. The predicted molar refractivity (Wildman–Crippen MR) is 66.7 cm³/mol. The quantitative estimate of drug-likeness (QED) is 0.403. The molecular weight excluding hydrogens is 200 g/mol. The van der Waals surface area contributed by atoms with E-state index in [2.05, 4.69) is 24.5 Å². The first kappa shape index (κ1) is 13.2.